The van der Waals surface area contributed by atoms with Crippen LogP contribution < -0.4 is 16.1 Å². The van der Waals surface area contributed by atoms with Crippen molar-refractivity contribution in [1.82, 2.24) is 19.4 Å². The summed E-state index contributed by atoms with van der Waals surface area (Å²) in [7, 11) is -3.34. The lowest BCUT2D eigenvalue weighted by Gasteiger charge is -2.03. The Morgan fingerprint density at radius 2 is 1.82 bits per heavy atom. The Hall–Kier alpha value is -2.88. The van der Waals surface area contributed by atoms with Crippen molar-refractivity contribution in [2.45, 2.75) is 0 Å². The van der Waals surface area contributed by atoms with E-state index in [0.717, 1.165) is 6.26 Å². The molecule has 0 atom stereocenters. The average molecular weight is 321 g/mol. The zero-order valence-electron chi connectivity index (χ0n) is 11.3. The topological polar surface area (TPSA) is 129 Å². The summed E-state index contributed by atoms with van der Waals surface area (Å²) in [5.74, 6) is 0.127. The molecule has 114 valence electrons. The van der Waals surface area contributed by atoms with Gasteiger partial charge in [-0.2, -0.15) is 0 Å². The van der Waals surface area contributed by atoms with Crippen LogP contribution >= 0.6 is 0 Å². The number of nitrogens with one attached hydrogen (secondary N) is 3. The maximum Gasteiger partial charge on any atom is 0.336 e. The number of aromatic nitrogens is 4. The molecule has 0 aliphatic rings. The highest BCUT2D eigenvalue weighted by molar-refractivity contribution is 7.92. The van der Waals surface area contributed by atoms with Crippen LogP contribution in [0.15, 0.2) is 40.1 Å². The molecule has 3 rings (SSSR count). The number of imidazole rings is 1. The van der Waals surface area contributed by atoms with Crippen LogP contribution in [0, 0.1) is 0 Å². The van der Waals surface area contributed by atoms with Crippen molar-refractivity contribution < 1.29 is 8.42 Å². The Morgan fingerprint density at radius 3 is 2.45 bits per heavy atom. The van der Waals surface area contributed by atoms with E-state index < -0.39 is 21.4 Å². The fraction of sp³-hybridized carbons (Fsp3) is 0.0833. The van der Waals surface area contributed by atoms with Crippen LogP contribution in [0.5, 0.6) is 0 Å². The molecule has 1 aromatic carbocycles. The molecule has 0 aliphatic carbocycles. The van der Waals surface area contributed by atoms with E-state index in [2.05, 4.69) is 19.7 Å². The van der Waals surface area contributed by atoms with Crippen molar-refractivity contribution in [2.75, 3.05) is 11.0 Å². The molecule has 9 nitrogen and oxygen atoms in total. The second kappa shape index (κ2) is 4.84. The quantitative estimate of drug-likeness (QED) is 0.612. The van der Waals surface area contributed by atoms with Crippen LogP contribution in [0.4, 0.5) is 5.69 Å². The molecule has 0 saturated heterocycles. The van der Waals surface area contributed by atoms with Gasteiger partial charge in [0.2, 0.25) is 15.8 Å². The largest absolute Gasteiger partial charge is 0.336 e. The van der Waals surface area contributed by atoms with Gasteiger partial charge in [-0.1, -0.05) is 12.1 Å². The van der Waals surface area contributed by atoms with Gasteiger partial charge in [0.25, 0.3) is 0 Å². The van der Waals surface area contributed by atoms with Crippen molar-refractivity contribution in [3.05, 3.63) is 51.4 Å². The zero-order chi connectivity index (χ0) is 15.9. The number of nitrogens with zero attached hydrogens (tertiary/aromatic N) is 2. The van der Waals surface area contributed by atoms with Crippen LogP contribution in [0.2, 0.25) is 0 Å². The fourth-order valence-electron chi connectivity index (χ4n) is 1.98. The standard InChI is InChI=1S/C12H11N5O4S/c1-22(20,21)16-8-4-2-7(3-5-8)9-6-17-10(13-9)14-11(18)15-12(17)19/h2-6,16H,1H3,(H2,13,14,15,18,19). The van der Waals surface area contributed by atoms with Gasteiger partial charge in [0.1, 0.15) is 0 Å². The van der Waals surface area contributed by atoms with Crippen LogP contribution in [0.3, 0.4) is 0 Å². The molecule has 0 radical (unpaired) electrons. The van der Waals surface area contributed by atoms with Gasteiger partial charge in [-0.05, 0) is 12.1 Å². The van der Waals surface area contributed by atoms with E-state index in [9.17, 15) is 18.0 Å². The second-order valence-electron chi connectivity index (χ2n) is 4.66. The molecular formula is C12H11N5O4S. The van der Waals surface area contributed by atoms with Gasteiger partial charge in [-0.3, -0.25) is 14.7 Å². The minimum atomic E-state index is -3.34. The lowest BCUT2D eigenvalue weighted by atomic mass is 10.1. The van der Waals surface area contributed by atoms with Crippen LogP contribution in [-0.4, -0.2) is 34.0 Å². The van der Waals surface area contributed by atoms with E-state index in [1.165, 1.54) is 10.6 Å². The maximum atomic E-state index is 11.6. The Labute approximate surface area is 123 Å². The summed E-state index contributed by atoms with van der Waals surface area (Å²) in [5, 5.41) is 0. The van der Waals surface area contributed by atoms with E-state index in [1.807, 2.05) is 0 Å². The van der Waals surface area contributed by atoms with Gasteiger partial charge >= 0.3 is 11.4 Å². The lowest BCUT2D eigenvalue weighted by molar-refractivity contribution is 0.607. The third-order valence-electron chi connectivity index (χ3n) is 2.85. The maximum absolute atomic E-state index is 11.6. The molecule has 0 unspecified atom stereocenters. The van der Waals surface area contributed by atoms with E-state index in [4.69, 9.17) is 0 Å². The number of fused-ring (bicyclic) bond motifs is 1. The SMILES string of the molecule is CS(=O)(=O)Nc1ccc(-c2cn3c(=O)[nH]c(=O)[nH]c3n2)cc1. The van der Waals surface area contributed by atoms with Crippen LogP contribution in [-0.2, 0) is 10.0 Å². The minimum Gasteiger partial charge on any atom is -0.284 e. The molecule has 0 amide bonds. The number of aromatic amines is 2. The summed E-state index contributed by atoms with van der Waals surface area (Å²) in [5.41, 5.74) is 0.331. The van der Waals surface area contributed by atoms with Crippen molar-refractivity contribution in [2.24, 2.45) is 0 Å². The number of hydrogen-bond acceptors (Lipinski definition) is 5. The molecule has 0 bridgehead atoms. The molecule has 2 heterocycles. The minimum absolute atomic E-state index is 0.127. The molecule has 0 aliphatic heterocycles. The predicted octanol–water partition coefficient (Wildman–Crippen LogP) is -0.251. The molecule has 3 N–H and O–H groups in total. The van der Waals surface area contributed by atoms with Gasteiger partial charge in [-0.25, -0.2) is 27.4 Å². The molecule has 0 fully saturated rings. The molecule has 2 aromatic heterocycles. The van der Waals surface area contributed by atoms with Gasteiger partial charge < -0.3 is 0 Å². The van der Waals surface area contributed by atoms with Crippen molar-refractivity contribution in [1.29, 1.82) is 0 Å². The molecular weight excluding hydrogens is 310 g/mol. The first-order chi connectivity index (χ1) is 10.3. The van der Waals surface area contributed by atoms with Crippen LogP contribution in [0.1, 0.15) is 0 Å². The molecule has 0 spiro atoms. The highest BCUT2D eigenvalue weighted by Crippen LogP contribution is 2.20. The predicted molar refractivity (Wildman–Crippen MR) is 80.3 cm³/mol. The van der Waals surface area contributed by atoms with Gasteiger partial charge in [-0.15, -0.1) is 0 Å². The number of hydrogen-bond donors (Lipinski definition) is 3. The third kappa shape index (κ3) is 2.76. The Bertz CT molecular complexity index is 1060. The van der Waals surface area contributed by atoms with Crippen LogP contribution in [0.25, 0.3) is 17.0 Å². The molecule has 3 aromatic rings. The summed E-state index contributed by atoms with van der Waals surface area (Å²) >= 11 is 0. The molecule has 22 heavy (non-hydrogen) atoms. The number of sulfonamides is 1. The summed E-state index contributed by atoms with van der Waals surface area (Å²) < 4.78 is 25.8. The Kier molecular flexibility index (Phi) is 3.10. The number of benzene rings is 1. The average Bonchev–Trinajstić information content (AvgIpc) is 2.81. The van der Waals surface area contributed by atoms with E-state index in [-0.39, 0.29) is 5.78 Å². The summed E-state index contributed by atoms with van der Waals surface area (Å²) in [6.45, 7) is 0. The highest BCUT2D eigenvalue weighted by Gasteiger charge is 2.08. The number of rotatable bonds is 3. The molecule has 10 heteroatoms. The lowest BCUT2D eigenvalue weighted by Crippen LogP contribution is -2.27. The number of H-pyrrole nitrogens is 2. The zero-order valence-corrected chi connectivity index (χ0v) is 12.1. The third-order valence-corrected chi connectivity index (χ3v) is 3.46. The monoisotopic (exact) mass is 321 g/mol. The Balaban J connectivity index is 2.03. The summed E-state index contributed by atoms with van der Waals surface area (Å²) in [4.78, 5) is 31.5. The highest BCUT2D eigenvalue weighted by atomic mass is 32.2. The number of anilines is 1. The van der Waals surface area contributed by atoms with Crippen molar-refractivity contribution in [3.63, 3.8) is 0 Å². The first kappa shape index (κ1) is 14.1. The smallest absolute Gasteiger partial charge is 0.284 e. The van der Waals surface area contributed by atoms with E-state index in [0.29, 0.717) is 16.9 Å². The van der Waals surface area contributed by atoms with E-state index in [1.54, 1.807) is 24.3 Å². The van der Waals surface area contributed by atoms with E-state index >= 15 is 0 Å². The van der Waals surface area contributed by atoms with Gasteiger partial charge in [0.15, 0.2) is 0 Å². The summed E-state index contributed by atoms with van der Waals surface area (Å²) in [6, 6.07) is 6.46. The normalized spacial score (nSPS) is 11.7. The van der Waals surface area contributed by atoms with Crippen molar-refractivity contribution in [3.8, 4) is 11.3 Å². The van der Waals surface area contributed by atoms with Crippen molar-refractivity contribution >= 4 is 21.5 Å². The molecule has 0 saturated carbocycles. The Morgan fingerprint density at radius 1 is 1.14 bits per heavy atom. The second-order valence-corrected chi connectivity index (χ2v) is 6.40. The first-order valence-corrected chi connectivity index (χ1v) is 8.01. The fourth-order valence-corrected chi connectivity index (χ4v) is 2.54. The van der Waals surface area contributed by atoms with Gasteiger partial charge in [0, 0.05) is 17.4 Å². The summed E-state index contributed by atoms with van der Waals surface area (Å²) in [6.07, 6.45) is 2.54. The first-order valence-electron chi connectivity index (χ1n) is 6.12. The van der Waals surface area contributed by atoms with Gasteiger partial charge in [0.05, 0.1) is 11.9 Å².